The molecule has 0 aromatic carbocycles. The Kier molecular flexibility index (Phi) is 58.4. The van der Waals surface area contributed by atoms with Crippen LogP contribution in [0.4, 0.5) is 0 Å². The molecule has 0 aromatic rings. The molecule has 0 aliphatic heterocycles. The minimum Gasteiger partial charge on any atom is -0.466 e. The number of esters is 1. The summed E-state index contributed by atoms with van der Waals surface area (Å²) in [4.78, 5) is 24.6. The summed E-state index contributed by atoms with van der Waals surface area (Å²) in [6.45, 7) is 4.98. The molecule has 0 bridgehead atoms. The van der Waals surface area contributed by atoms with E-state index in [0.29, 0.717) is 25.9 Å². The molecule has 6 heteroatoms. The molecule has 0 aromatic heterocycles. The van der Waals surface area contributed by atoms with Crippen molar-refractivity contribution in [2.45, 2.75) is 379 Å². The second-order valence-electron chi connectivity index (χ2n) is 22.1. The van der Waals surface area contributed by atoms with Crippen LogP contribution in [0.5, 0.6) is 0 Å². The van der Waals surface area contributed by atoms with Gasteiger partial charge in [0.2, 0.25) is 5.91 Å². The van der Waals surface area contributed by atoms with Crippen molar-refractivity contribution in [2.75, 3.05) is 13.2 Å². The SMILES string of the molecule is CCCCCCCCCCCCCCCCCCCCCCCCC(O)C(CO)NC(=O)CCCCCCCCCCCCCCCCCCCOC(=O)CCCCCCCCCCCCCCC. The molecular weight excluding hydrogens is 851 g/mol. The van der Waals surface area contributed by atoms with Crippen LogP contribution in [0.3, 0.4) is 0 Å². The molecule has 0 spiro atoms. The minimum atomic E-state index is -0.668. The fourth-order valence-electron chi connectivity index (χ4n) is 10.3. The summed E-state index contributed by atoms with van der Waals surface area (Å²) in [5.41, 5.74) is 0. The van der Waals surface area contributed by atoms with Crippen molar-refractivity contribution in [1.29, 1.82) is 0 Å². The highest BCUT2D eigenvalue weighted by molar-refractivity contribution is 5.76. The lowest BCUT2D eigenvalue weighted by molar-refractivity contribution is -0.143. The van der Waals surface area contributed by atoms with Crippen molar-refractivity contribution in [2.24, 2.45) is 0 Å². The van der Waals surface area contributed by atoms with Gasteiger partial charge >= 0.3 is 5.97 Å². The van der Waals surface area contributed by atoms with Crippen LogP contribution in [-0.2, 0) is 14.3 Å². The second kappa shape index (κ2) is 59.4. The molecule has 0 rings (SSSR count). The maximum Gasteiger partial charge on any atom is 0.305 e. The number of aliphatic hydroxyl groups is 2. The van der Waals surface area contributed by atoms with Crippen LogP contribution in [0.25, 0.3) is 0 Å². The third kappa shape index (κ3) is 56.0. The molecule has 0 radical (unpaired) electrons. The first-order chi connectivity index (χ1) is 34.0. The summed E-state index contributed by atoms with van der Waals surface area (Å²) >= 11 is 0. The van der Waals surface area contributed by atoms with Crippen LogP contribution in [0.15, 0.2) is 0 Å². The molecule has 2 unspecified atom stereocenters. The van der Waals surface area contributed by atoms with Crippen molar-refractivity contribution < 1.29 is 24.5 Å². The van der Waals surface area contributed by atoms with Crippen LogP contribution in [-0.4, -0.2) is 47.4 Å². The van der Waals surface area contributed by atoms with E-state index in [-0.39, 0.29) is 18.5 Å². The van der Waals surface area contributed by atoms with E-state index < -0.39 is 12.1 Å². The fraction of sp³-hybridized carbons (Fsp3) is 0.968. The van der Waals surface area contributed by atoms with Gasteiger partial charge in [0.25, 0.3) is 0 Å². The summed E-state index contributed by atoms with van der Waals surface area (Å²) in [5.74, 6) is -0.0269. The van der Waals surface area contributed by atoms with Gasteiger partial charge in [0.05, 0.1) is 25.4 Å². The Balaban J connectivity index is 3.40. The summed E-state index contributed by atoms with van der Waals surface area (Å²) in [7, 11) is 0. The van der Waals surface area contributed by atoms with Gasteiger partial charge in [-0.15, -0.1) is 0 Å². The van der Waals surface area contributed by atoms with E-state index in [1.807, 2.05) is 0 Å². The van der Waals surface area contributed by atoms with Crippen molar-refractivity contribution in [3.8, 4) is 0 Å². The zero-order valence-corrected chi connectivity index (χ0v) is 47.1. The van der Waals surface area contributed by atoms with Crippen LogP contribution >= 0.6 is 0 Å². The third-order valence-corrected chi connectivity index (χ3v) is 15.2. The fourth-order valence-corrected chi connectivity index (χ4v) is 10.3. The van der Waals surface area contributed by atoms with E-state index in [0.717, 1.165) is 38.5 Å². The van der Waals surface area contributed by atoms with Crippen LogP contribution in [0.2, 0.25) is 0 Å². The topological polar surface area (TPSA) is 95.9 Å². The smallest absolute Gasteiger partial charge is 0.305 e. The Morgan fingerprint density at radius 3 is 0.884 bits per heavy atom. The number of unbranched alkanes of at least 4 members (excludes halogenated alkanes) is 49. The number of carbonyl (C=O) groups is 2. The summed E-state index contributed by atoms with van der Waals surface area (Å²) in [6, 6.07) is -0.545. The normalized spacial score (nSPS) is 12.5. The van der Waals surface area contributed by atoms with Gasteiger partial charge in [0, 0.05) is 12.8 Å². The Hall–Kier alpha value is -1.14. The van der Waals surface area contributed by atoms with Crippen molar-refractivity contribution in [1.82, 2.24) is 5.32 Å². The van der Waals surface area contributed by atoms with E-state index in [1.54, 1.807) is 0 Å². The van der Waals surface area contributed by atoms with Gasteiger partial charge in [-0.3, -0.25) is 9.59 Å². The molecule has 3 N–H and O–H groups in total. The standard InChI is InChI=1S/C63H125NO5/c1-3-5-7-9-11-13-15-17-18-19-20-21-22-23-25-28-32-35-39-43-47-51-55-61(66)60(59-65)64-62(67)56-52-48-44-40-36-33-29-26-24-27-30-34-38-42-46-50-54-58-69-63(68)57-53-49-45-41-37-31-16-14-12-10-8-6-4-2/h60-61,65-66H,3-59H2,1-2H3,(H,64,67). The van der Waals surface area contributed by atoms with Crippen molar-refractivity contribution in [3.05, 3.63) is 0 Å². The predicted octanol–water partition coefficient (Wildman–Crippen LogP) is 19.9. The maximum absolute atomic E-state index is 12.5. The van der Waals surface area contributed by atoms with Gasteiger partial charge in [0.15, 0.2) is 0 Å². The summed E-state index contributed by atoms with van der Waals surface area (Å²) in [5, 5.41) is 23.4. The van der Waals surface area contributed by atoms with Crippen molar-refractivity contribution in [3.63, 3.8) is 0 Å². The first-order valence-electron chi connectivity index (χ1n) is 31.8. The monoisotopic (exact) mass is 976 g/mol. The van der Waals surface area contributed by atoms with Gasteiger partial charge in [-0.2, -0.15) is 0 Å². The number of nitrogens with one attached hydrogen (secondary N) is 1. The van der Waals surface area contributed by atoms with Gasteiger partial charge < -0.3 is 20.3 Å². The Morgan fingerprint density at radius 2 is 0.594 bits per heavy atom. The predicted molar refractivity (Wildman–Crippen MR) is 301 cm³/mol. The highest BCUT2D eigenvalue weighted by Gasteiger charge is 2.20. The zero-order valence-electron chi connectivity index (χ0n) is 47.1. The highest BCUT2D eigenvalue weighted by atomic mass is 16.5. The number of rotatable bonds is 60. The van der Waals surface area contributed by atoms with E-state index in [1.165, 1.54) is 295 Å². The number of amides is 1. The first kappa shape index (κ1) is 67.9. The number of hydrogen-bond acceptors (Lipinski definition) is 5. The Morgan fingerprint density at radius 1 is 0.348 bits per heavy atom. The van der Waals surface area contributed by atoms with E-state index in [4.69, 9.17) is 4.74 Å². The van der Waals surface area contributed by atoms with Gasteiger partial charge in [-0.05, 0) is 25.7 Å². The Bertz CT molecular complexity index is 990. The first-order valence-corrected chi connectivity index (χ1v) is 31.8. The summed E-state index contributed by atoms with van der Waals surface area (Å²) < 4.78 is 5.48. The maximum atomic E-state index is 12.5. The number of aliphatic hydroxyl groups excluding tert-OH is 2. The average Bonchev–Trinajstić information content (AvgIpc) is 3.35. The molecule has 69 heavy (non-hydrogen) atoms. The quantitative estimate of drug-likeness (QED) is 0.0417. The average molecular weight is 977 g/mol. The lowest BCUT2D eigenvalue weighted by Crippen LogP contribution is -2.45. The Labute approximate surface area is 432 Å². The molecule has 412 valence electrons. The molecule has 0 heterocycles. The second-order valence-corrected chi connectivity index (χ2v) is 22.1. The molecule has 0 saturated carbocycles. The molecular formula is C63H125NO5. The zero-order chi connectivity index (χ0) is 50.0. The molecule has 0 saturated heterocycles. The number of ether oxygens (including phenoxy) is 1. The molecule has 2 atom stereocenters. The van der Waals surface area contributed by atoms with E-state index >= 15 is 0 Å². The van der Waals surface area contributed by atoms with Crippen LogP contribution in [0, 0.1) is 0 Å². The highest BCUT2D eigenvalue weighted by Crippen LogP contribution is 2.19. The van der Waals surface area contributed by atoms with Crippen LogP contribution in [0.1, 0.15) is 367 Å². The number of hydrogen-bond donors (Lipinski definition) is 3. The lowest BCUT2D eigenvalue weighted by Gasteiger charge is -2.22. The van der Waals surface area contributed by atoms with Crippen LogP contribution < -0.4 is 5.32 Å². The van der Waals surface area contributed by atoms with Gasteiger partial charge in [-0.25, -0.2) is 0 Å². The van der Waals surface area contributed by atoms with Crippen molar-refractivity contribution >= 4 is 11.9 Å². The molecule has 1 amide bonds. The molecule has 6 nitrogen and oxygen atoms in total. The molecule has 0 fully saturated rings. The van der Waals surface area contributed by atoms with E-state index in [2.05, 4.69) is 19.2 Å². The lowest BCUT2D eigenvalue weighted by atomic mass is 10.0. The molecule has 0 aliphatic carbocycles. The minimum absolute atomic E-state index is 0.00837. The summed E-state index contributed by atoms with van der Waals surface area (Å²) in [6.07, 6.45) is 69.7. The van der Waals surface area contributed by atoms with Gasteiger partial charge in [0.1, 0.15) is 0 Å². The largest absolute Gasteiger partial charge is 0.466 e. The molecule has 0 aliphatic rings. The third-order valence-electron chi connectivity index (χ3n) is 15.2. The number of carbonyl (C=O) groups excluding carboxylic acids is 2. The van der Waals surface area contributed by atoms with E-state index in [9.17, 15) is 19.8 Å². The van der Waals surface area contributed by atoms with Gasteiger partial charge in [-0.1, -0.05) is 328 Å².